The number of amides is 1. The van der Waals surface area contributed by atoms with E-state index in [1.165, 1.54) is 0 Å². The summed E-state index contributed by atoms with van der Waals surface area (Å²) < 4.78 is 1.88. The largest absolute Gasteiger partial charge is 0.396 e. The molecule has 2 aromatic rings. The van der Waals surface area contributed by atoms with Gasteiger partial charge in [0.25, 0.3) is 5.91 Å². The van der Waals surface area contributed by atoms with Crippen molar-refractivity contribution in [3.05, 3.63) is 35.0 Å². The van der Waals surface area contributed by atoms with Gasteiger partial charge in [-0.15, -0.1) is 0 Å². The predicted octanol–water partition coefficient (Wildman–Crippen LogP) is 3.45. The summed E-state index contributed by atoms with van der Waals surface area (Å²) in [5, 5.41) is 10.7. The van der Waals surface area contributed by atoms with Crippen molar-refractivity contribution in [2.24, 2.45) is 13.0 Å². The third kappa shape index (κ3) is 2.86. The lowest BCUT2D eigenvalue weighted by atomic mass is 9.86. The molecule has 0 spiro atoms. The Labute approximate surface area is 141 Å². The summed E-state index contributed by atoms with van der Waals surface area (Å²) in [6.07, 6.45) is 3.83. The van der Waals surface area contributed by atoms with Gasteiger partial charge in [0.2, 0.25) is 0 Å². The molecular weight excluding hydrogens is 312 g/mol. The van der Waals surface area contributed by atoms with E-state index in [2.05, 4.69) is 0 Å². The Kier molecular flexibility index (Phi) is 4.64. The number of hydrogen-bond donors (Lipinski definition) is 1. The van der Waals surface area contributed by atoms with Crippen LogP contribution in [0.25, 0.3) is 10.9 Å². The topological polar surface area (TPSA) is 45.5 Å². The Bertz CT molecular complexity index is 678. The minimum Gasteiger partial charge on any atom is -0.396 e. The lowest BCUT2D eigenvalue weighted by Crippen LogP contribution is -2.40. The van der Waals surface area contributed by atoms with Gasteiger partial charge in [0.05, 0.1) is 5.02 Å². The lowest BCUT2D eigenvalue weighted by Gasteiger charge is -2.34. The minimum absolute atomic E-state index is 0.0267. The molecule has 0 atom stereocenters. The van der Waals surface area contributed by atoms with Crippen molar-refractivity contribution in [2.75, 3.05) is 13.7 Å². The van der Waals surface area contributed by atoms with Gasteiger partial charge in [-0.3, -0.25) is 4.79 Å². The molecule has 23 heavy (non-hydrogen) atoms. The van der Waals surface area contributed by atoms with Gasteiger partial charge in [-0.05, 0) is 37.7 Å². The number of halogens is 1. The van der Waals surface area contributed by atoms with E-state index >= 15 is 0 Å². The normalized spacial score (nSPS) is 21.6. The first-order chi connectivity index (χ1) is 11.0. The smallest absolute Gasteiger partial charge is 0.272 e. The highest BCUT2D eigenvalue weighted by atomic mass is 35.5. The summed E-state index contributed by atoms with van der Waals surface area (Å²) in [4.78, 5) is 14.8. The molecule has 1 N–H and O–H groups in total. The Balaban J connectivity index is 1.86. The molecule has 124 valence electrons. The monoisotopic (exact) mass is 334 g/mol. The average molecular weight is 335 g/mol. The average Bonchev–Trinajstić information content (AvgIpc) is 2.85. The molecule has 1 aliphatic carbocycles. The molecule has 0 bridgehead atoms. The Morgan fingerprint density at radius 1 is 1.30 bits per heavy atom. The number of aliphatic hydroxyl groups excluding tert-OH is 1. The second kappa shape index (κ2) is 6.54. The summed E-state index contributed by atoms with van der Waals surface area (Å²) in [6.45, 7) is 0.249. The number of nitrogens with zero attached hydrogens (tertiary/aromatic N) is 2. The van der Waals surface area contributed by atoms with Gasteiger partial charge in [0.1, 0.15) is 5.69 Å². The van der Waals surface area contributed by atoms with E-state index in [1.54, 1.807) is 0 Å². The molecule has 1 aliphatic rings. The number of rotatable bonds is 3. The summed E-state index contributed by atoms with van der Waals surface area (Å²) in [6, 6.07) is 8.03. The fourth-order valence-electron chi connectivity index (χ4n) is 3.63. The van der Waals surface area contributed by atoms with Gasteiger partial charge < -0.3 is 14.6 Å². The molecule has 1 aromatic carbocycles. The maximum Gasteiger partial charge on any atom is 0.272 e. The van der Waals surface area contributed by atoms with Gasteiger partial charge in [0, 0.05) is 37.6 Å². The van der Waals surface area contributed by atoms with Crippen LogP contribution in [-0.2, 0) is 7.05 Å². The van der Waals surface area contributed by atoms with Crippen LogP contribution in [0.1, 0.15) is 36.2 Å². The Hall–Kier alpha value is -1.52. The molecule has 4 nitrogen and oxygen atoms in total. The van der Waals surface area contributed by atoms with E-state index in [-0.39, 0.29) is 18.6 Å². The molecule has 3 rings (SSSR count). The molecule has 1 saturated carbocycles. The number of carbonyl (C=O) groups excluding carboxylic acids is 1. The maximum atomic E-state index is 13.0. The first-order valence-electron chi connectivity index (χ1n) is 8.15. The fourth-order valence-corrected chi connectivity index (χ4v) is 4.00. The van der Waals surface area contributed by atoms with Crippen molar-refractivity contribution < 1.29 is 9.90 Å². The van der Waals surface area contributed by atoms with Crippen molar-refractivity contribution >= 4 is 28.4 Å². The molecule has 0 saturated heterocycles. The summed E-state index contributed by atoms with van der Waals surface area (Å²) in [5.74, 6) is 0.358. The van der Waals surface area contributed by atoms with Gasteiger partial charge >= 0.3 is 0 Å². The Morgan fingerprint density at radius 3 is 2.57 bits per heavy atom. The van der Waals surface area contributed by atoms with E-state index in [1.807, 2.05) is 47.8 Å². The van der Waals surface area contributed by atoms with Gasteiger partial charge in [-0.25, -0.2) is 0 Å². The molecule has 0 unspecified atom stereocenters. The van der Waals surface area contributed by atoms with E-state index in [0.29, 0.717) is 16.6 Å². The van der Waals surface area contributed by atoms with E-state index in [9.17, 15) is 9.90 Å². The first kappa shape index (κ1) is 16.3. The van der Waals surface area contributed by atoms with Gasteiger partial charge in [0.15, 0.2) is 0 Å². The van der Waals surface area contributed by atoms with Crippen LogP contribution in [0, 0.1) is 5.92 Å². The van der Waals surface area contributed by atoms with Crippen LogP contribution in [0.15, 0.2) is 24.3 Å². The number of aromatic nitrogens is 1. The molecule has 1 amide bonds. The summed E-state index contributed by atoms with van der Waals surface area (Å²) in [5.41, 5.74) is 1.53. The van der Waals surface area contributed by atoms with Crippen LogP contribution in [-0.4, -0.2) is 40.2 Å². The van der Waals surface area contributed by atoms with E-state index in [0.717, 1.165) is 36.6 Å². The zero-order valence-electron chi connectivity index (χ0n) is 13.6. The minimum atomic E-state index is -0.0267. The maximum absolute atomic E-state index is 13.0. The molecule has 0 radical (unpaired) electrons. The van der Waals surface area contributed by atoms with Crippen LogP contribution >= 0.6 is 11.6 Å². The van der Waals surface area contributed by atoms with Gasteiger partial charge in [-0.1, -0.05) is 29.8 Å². The summed E-state index contributed by atoms with van der Waals surface area (Å²) >= 11 is 6.48. The van der Waals surface area contributed by atoms with Crippen LogP contribution in [0.5, 0.6) is 0 Å². The Morgan fingerprint density at radius 2 is 1.96 bits per heavy atom. The van der Waals surface area contributed by atoms with Crippen molar-refractivity contribution in [3.8, 4) is 0 Å². The lowest BCUT2D eigenvalue weighted by molar-refractivity contribution is 0.0644. The number of aliphatic hydroxyl groups is 1. The van der Waals surface area contributed by atoms with Crippen LogP contribution in [0.2, 0.25) is 5.02 Å². The first-order valence-corrected chi connectivity index (χ1v) is 8.53. The van der Waals surface area contributed by atoms with Crippen LogP contribution in [0.3, 0.4) is 0 Å². The molecule has 5 heteroatoms. The quantitative estimate of drug-likeness (QED) is 0.934. The number of carbonyl (C=O) groups is 1. The van der Waals surface area contributed by atoms with E-state index < -0.39 is 0 Å². The number of para-hydroxylation sites is 1. The zero-order chi connectivity index (χ0) is 16.6. The highest BCUT2D eigenvalue weighted by Crippen LogP contribution is 2.32. The molecule has 0 aliphatic heterocycles. The third-order valence-corrected chi connectivity index (χ3v) is 5.57. The zero-order valence-corrected chi connectivity index (χ0v) is 14.4. The fraction of sp³-hybridized carbons (Fsp3) is 0.500. The third-order valence-electron chi connectivity index (χ3n) is 5.19. The standard InChI is InChI=1S/C18H23ClN2O2/c1-20(13-9-7-12(11-22)8-10-13)18(23)17-16(19)14-5-3-4-6-15(14)21(17)2/h3-6,12-13,22H,7-11H2,1-2H3. The highest BCUT2D eigenvalue weighted by molar-refractivity contribution is 6.38. The second-order valence-electron chi connectivity index (χ2n) is 6.51. The second-order valence-corrected chi connectivity index (χ2v) is 6.89. The van der Waals surface area contributed by atoms with Crippen LogP contribution < -0.4 is 0 Å². The van der Waals surface area contributed by atoms with Gasteiger partial charge in [-0.2, -0.15) is 0 Å². The molecular formula is C18H23ClN2O2. The number of fused-ring (bicyclic) bond motifs is 1. The van der Waals surface area contributed by atoms with Crippen molar-refractivity contribution in [1.29, 1.82) is 0 Å². The van der Waals surface area contributed by atoms with E-state index in [4.69, 9.17) is 11.6 Å². The molecule has 1 heterocycles. The molecule has 1 fully saturated rings. The van der Waals surface area contributed by atoms with Crippen molar-refractivity contribution in [2.45, 2.75) is 31.7 Å². The number of benzene rings is 1. The van der Waals surface area contributed by atoms with Crippen molar-refractivity contribution in [1.82, 2.24) is 9.47 Å². The SMILES string of the molecule is CN(C(=O)c1c(Cl)c2ccccc2n1C)C1CCC(CO)CC1. The molecule has 1 aromatic heterocycles. The highest BCUT2D eigenvalue weighted by Gasteiger charge is 2.29. The van der Waals surface area contributed by atoms with Crippen LogP contribution in [0.4, 0.5) is 0 Å². The summed E-state index contributed by atoms with van der Waals surface area (Å²) in [7, 11) is 3.75. The number of aryl methyl sites for hydroxylation is 1. The predicted molar refractivity (Wildman–Crippen MR) is 92.9 cm³/mol. The van der Waals surface area contributed by atoms with Crippen molar-refractivity contribution in [3.63, 3.8) is 0 Å². The number of hydrogen-bond acceptors (Lipinski definition) is 2.